The van der Waals surface area contributed by atoms with Crippen molar-refractivity contribution in [2.24, 2.45) is 0 Å². The summed E-state index contributed by atoms with van der Waals surface area (Å²) >= 11 is 1.06. The van der Waals surface area contributed by atoms with E-state index in [0.29, 0.717) is 38.7 Å². The van der Waals surface area contributed by atoms with E-state index in [4.69, 9.17) is 14.2 Å². The Hall–Kier alpha value is -4.81. The molecule has 0 radical (unpaired) electrons. The zero-order chi connectivity index (χ0) is 28.1. The lowest BCUT2D eigenvalue weighted by Gasteiger charge is -2.12. The van der Waals surface area contributed by atoms with Gasteiger partial charge in [-0.2, -0.15) is 5.26 Å². The number of carbonyl (C=O) groups is 1. The molecule has 1 N–H and O–H groups in total. The third kappa shape index (κ3) is 5.56. The number of nitrogens with one attached hydrogen (secondary N) is 1. The number of methoxy groups -OCH3 is 3. The third-order valence-corrected chi connectivity index (χ3v) is 7.09. The van der Waals surface area contributed by atoms with Gasteiger partial charge in [0.2, 0.25) is 5.75 Å². The molecule has 0 aliphatic rings. The molecule has 8 nitrogen and oxygen atoms in total. The molecule has 0 saturated carbocycles. The summed E-state index contributed by atoms with van der Waals surface area (Å²) in [5, 5.41) is 12.9. The topological polar surface area (TPSA) is 103 Å². The van der Waals surface area contributed by atoms with Crippen LogP contribution in [-0.2, 0) is 4.79 Å². The fourth-order valence-electron chi connectivity index (χ4n) is 4.13. The van der Waals surface area contributed by atoms with Gasteiger partial charge in [-0.05, 0) is 66.9 Å². The van der Waals surface area contributed by atoms with Crippen molar-refractivity contribution in [3.8, 4) is 29.0 Å². The number of aromatic nitrogens is 1. The Bertz CT molecular complexity index is 1750. The van der Waals surface area contributed by atoms with Gasteiger partial charge >= 0.3 is 0 Å². The van der Waals surface area contributed by atoms with Crippen LogP contribution in [0, 0.1) is 25.2 Å². The van der Waals surface area contributed by atoms with Crippen LogP contribution in [0.1, 0.15) is 16.7 Å². The third-order valence-electron chi connectivity index (χ3n) is 5.99. The first kappa shape index (κ1) is 27.2. The van der Waals surface area contributed by atoms with Crippen molar-refractivity contribution in [3.05, 3.63) is 96.9 Å². The summed E-state index contributed by atoms with van der Waals surface area (Å²) in [6, 6.07) is 20.0. The highest BCUT2D eigenvalue weighted by molar-refractivity contribution is 7.07. The van der Waals surface area contributed by atoms with Gasteiger partial charge in [0, 0.05) is 5.69 Å². The van der Waals surface area contributed by atoms with Gasteiger partial charge in [0.1, 0.15) is 10.7 Å². The lowest BCUT2D eigenvalue weighted by molar-refractivity contribution is -0.111. The number of thiazole rings is 1. The molecule has 0 saturated heterocycles. The van der Waals surface area contributed by atoms with Crippen molar-refractivity contribution in [1.29, 1.82) is 5.26 Å². The predicted molar refractivity (Wildman–Crippen MR) is 152 cm³/mol. The smallest absolute Gasteiger partial charge is 0.273 e. The summed E-state index contributed by atoms with van der Waals surface area (Å²) in [7, 11) is 4.53. The lowest BCUT2D eigenvalue weighted by Crippen LogP contribution is -2.32. The van der Waals surface area contributed by atoms with E-state index in [-0.39, 0.29) is 15.8 Å². The first-order valence-electron chi connectivity index (χ1n) is 11.9. The van der Waals surface area contributed by atoms with E-state index in [2.05, 4.69) is 5.32 Å². The fourth-order valence-corrected chi connectivity index (χ4v) is 5.23. The molecular formula is C30H27N3O5S. The highest BCUT2D eigenvalue weighted by atomic mass is 32.1. The second kappa shape index (κ2) is 11.7. The fraction of sp³-hybridized carbons (Fsp3) is 0.167. The van der Waals surface area contributed by atoms with Crippen LogP contribution >= 0.6 is 11.3 Å². The number of nitriles is 1. The molecule has 1 aromatic heterocycles. The van der Waals surface area contributed by atoms with Crippen molar-refractivity contribution >= 4 is 34.6 Å². The Labute approximate surface area is 229 Å². The molecule has 0 atom stereocenters. The van der Waals surface area contributed by atoms with Crippen LogP contribution in [0.25, 0.3) is 17.3 Å². The standard InChI is InChI=1S/C30H27N3O5S/c1-18-9-8-11-21(13-18)32-28(34)22(17-31)30-33(23-12-7-6-10-19(23)2)29(35)26(39-30)16-20-14-24(36-3)27(38-5)25(15-20)37-4/h6-16H,1-5H3,(H,32,34). The Morgan fingerprint density at radius 3 is 2.26 bits per heavy atom. The first-order valence-corrected chi connectivity index (χ1v) is 12.7. The van der Waals surface area contributed by atoms with Gasteiger partial charge in [-0.15, -0.1) is 11.3 Å². The number of ether oxygens (including phenoxy) is 3. The molecule has 0 fully saturated rings. The number of rotatable bonds is 7. The van der Waals surface area contributed by atoms with Crippen molar-refractivity contribution in [2.75, 3.05) is 26.6 Å². The van der Waals surface area contributed by atoms with Gasteiger partial charge < -0.3 is 19.5 Å². The maximum absolute atomic E-state index is 13.8. The summed E-state index contributed by atoms with van der Waals surface area (Å²) in [5.41, 5.74) is 2.98. The maximum Gasteiger partial charge on any atom is 0.273 e. The molecule has 3 aromatic carbocycles. The van der Waals surface area contributed by atoms with E-state index in [1.807, 2.05) is 44.2 Å². The minimum atomic E-state index is -0.606. The molecule has 0 aliphatic heterocycles. The lowest BCUT2D eigenvalue weighted by atomic mass is 10.1. The summed E-state index contributed by atoms with van der Waals surface area (Å²) in [4.78, 5) is 27.1. The Kier molecular flexibility index (Phi) is 8.18. The van der Waals surface area contributed by atoms with Crippen molar-refractivity contribution in [1.82, 2.24) is 4.57 Å². The summed E-state index contributed by atoms with van der Waals surface area (Å²) in [6.07, 6.45) is 1.67. The zero-order valence-corrected chi connectivity index (χ0v) is 23.0. The monoisotopic (exact) mass is 541 g/mol. The molecule has 0 aliphatic carbocycles. The Balaban J connectivity index is 2.00. The second-order valence-corrected chi connectivity index (χ2v) is 9.64. The Morgan fingerprint density at radius 1 is 0.974 bits per heavy atom. The maximum atomic E-state index is 13.8. The van der Waals surface area contributed by atoms with Gasteiger partial charge in [0.25, 0.3) is 11.5 Å². The van der Waals surface area contributed by atoms with Crippen LogP contribution in [0.5, 0.6) is 17.2 Å². The molecule has 0 unspecified atom stereocenters. The molecule has 0 bridgehead atoms. The molecular weight excluding hydrogens is 514 g/mol. The highest BCUT2D eigenvalue weighted by Gasteiger charge is 2.19. The number of aryl methyl sites for hydroxylation is 2. The minimum Gasteiger partial charge on any atom is -0.493 e. The zero-order valence-electron chi connectivity index (χ0n) is 22.2. The average Bonchev–Trinajstić information content (AvgIpc) is 3.23. The molecule has 1 heterocycles. The molecule has 9 heteroatoms. The van der Waals surface area contributed by atoms with Gasteiger partial charge in [0.15, 0.2) is 17.1 Å². The molecule has 39 heavy (non-hydrogen) atoms. The predicted octanol–water partition coefficient (Wildman–Crippen LogP) is 3.68. The average molecular weight is 542 g/mol. The summed E-state index contributed by atoms with van der Waals surface area (Å²) < 4.78 is 18.3. The van der Waals surface area contributed by atoms with Crippen molar-refractivity contribution in [3.63, 3.8) is 0 Å². The van der Waals surface area contributed by atoms with E-state index >= 15 is 0 Å². The Morgan fingerprint density at radius 2 is 1.67 bits per heavy atom. The quantitative estimate of drug-likeness (QED) is 0.383. The molecule has 1 amide bonds. The SMILES string of the molecule is COc1cc(C=c2sc(=C(C#N)C(=O)Nc3cccc(C)c3)n(-c3ccccc3C)c2=O)cc(OC)c1OC. The van der Waals surface area contributed by atoms with Crippen LogP contribution in [0.4, 0.5) is 5.69 Å². The van der Waals surface area contributed by atoms with Crippen molar-refractivity contribution in [2.45, 2.75) is 13.8 Å². The normalized spacial score (nSPS) is 11.9. The molecule has 4 aromatic rings. The van der Waals surface area contributed by atoms with E-state index in [0.717, 1.165) is 22.5 Å². The van der Waals surface area contributed by atoms with Crippen LogP contribution < -0.4 is 34.3 Å². The van der Waals surface area contributed by atoms with Crippen LogP contribution in [0.2, 0.25) is 0 Å². The van der Waals surface area contributed by atoms with Crippen LogP contribution in [0.15, 0.2) is 65.5 Å². The van der Waals surface area contributed by atoms with Crippen LogP contribution in [0.3, 0.4) is 0 Å². The number of hydrogen-bond acceptors (Lipinski definition) is 7. The molecule has 4 rings (SSSR count). The number of para-hydroxylation sites is 1. The first-order chi connectivity index (χ1) is 18.8. The highest BCUT2D eigenvalue weighted by Crippen LogP contribution is 2.38. The van der Waals surface area contributed by atoms with Crippen molar-refractivity contribution < 1.29 is 19.0 Å². The molecule has 0 spiro atoms. The van der Waals surface area contributed by atoms with E-state index in [9.17, 15) is 14.9 Å². The summed E-state index contributed by atoms with van der Waals surface area (Å²) in [5.74, 6) is 0.683. The van der Waals surface area contributed by atoms with E-state index in [1.165, 1.54) is 25.9 Å². The number of anilines is 1. The number of hydrogen-bond donors (Lipinski definition) is 1. The van der Waals surface area contributed by atoms with Gasteiger partial charge in [0.05, 0.1) is 31.5 Å². The summed E-state index contributed by atoms with van der Waals surface area (Å²) in [6.45, 7) is 3.77. The van der Waals surface area contributed by atoms with E-state index in [1.54, 1.807) is 42.5 Å². The largest absolute Gasteiger partial charge is 0.493 e. The molecule has 198 valence electrons. The minimum absolute atomic E-state index is 0.175. The number of benzene rings is 3. The van der Waals surface area contributed by atoms with Gasteiger partial charge in [-0.1, -0.05) is 30.3 Å². The second-order valence-electron chi connectivity index (χ2n) is 8.61. The van der Waals surface area contributed by atoms with Crippen LogP contribution in [-0.4, -0.2) is 31.8 Å². The number of carbonyl (C=O) groups excluding carboxylic acids is 1. The number of nitrogens with zero attached hydrogens (tertiary/aromatic N) is 2. The number of amides is 1. The van der Waals surface area contributed by atoms with Gasteiger partial charge in [-0.25, -0.2) is 0 Å². The van der Waals surface area contributed by atoms with Gasteiger partial charge in [-0.3, -0.25) is 14.2 Å². The van der Waals surface area contributed by atoms with E-state index < -0.39 is 5.91 Å².